The number of esters is 1. The lowest BCUT2D eigenvalue weighted by atomic mass is 9.98. The third-order valence-corrected chi connectivity index (χ3v) is 4.13. The Morgan fingerprint density at radius 1 is 0.852 bits per heavy atom. The van der Waals surface area contributed by atoms with E-state index in [2.05, 4.69) is 4.98 Å². The summed E-state index contributed by atoms with van der Waals surface area (Å²) < 4.78 is 11.4. The summed E-state index contributed by atoms with van der Waals surface area (Å²) >= 11 is 0. The summed E-state index contributed by atoms with van der Waals surface area (Å²) in [5.41, 5.74) is 1.49. The summed E-state index contributed by atoms with van der Waals surface area (Å²) in [6.07, 6.45) is 2.21. The Labute approximate surface area is 155 Å². The minimum Gasteiger partial charge on any atom is -0.449 e. The highest BCUT2D eigenvalue weighted by Gasteiger charge is 2.36. The van der Waals surface area contributed by atoms with Gasteiger partial charge in [0.2, 0.25) is 5.78 Å². The van der Waals surface area contributed by atoms with Crippen LogP contribution in [0.4, 0.5) is 0 Å². The van der Waals surface area contributed by atoms with Crippen molar-refractivity contribution < 1.29 is 19.1 Å². The van der Waals surface area contributed by atoms with Gasteiger partial charge in [0.1, 0.15) is 5.76 Å². The van der Waals surface area contributed by atoms with Crippen LogP contribution in [0.1, 0.15) is 27.8 Å². The number of ketones is 1. The van der Waals surface area contributed by atoms with Crippen LogP contribution in [0.5, 0.6) is 0 Å². The summed E-state index contributed by atoms with van der Waals surface area (Å²) in [6.45, 7) is 0. The first-order chi connectivity index (χ1) is 13.2. The zero-order chi connectivity index (χ0) is 18.6. The molecule has 2 aromatic carbocycles. The maximum absolute atomic E-state index is 13.0. The molecule has 1 aliphatic heterocycles. The van der Waals surface area contributed by atoms with Crippen LogP contribution in [0, 0.1) is 0 Å². The average molecular weight is 357 g/mol. The Kier molecular flexibility index (Phi) is 4.49. The number of nitrogens with zero attached hydrogens (tertiary/aromatic N) is 1. The van der Waals surface area contributed by atoms with E-state index in [0.717, 1.165) is 0 Å². The second-order valence-corrected chi connectivity index (χ2v) is 5.91. The van der Waals surface area contributed by atoms with Crippen LogP contribution in [-0.4, -0.2) is 16.7 Å². The van der Waals surface area contributed by atoms with E-state index in [0.29, 0.717) is 16.7 Å². The zero-order valence-corrected chi connectivity index (χ0v) is 14.2. The van der Waals surface area contributed by atoms with Crippen molar-refractivity contribution in [3.8, 4) is 0 Å². The fourth-order valence-electron chi connectivity index (χ4n) is 2.82. The third kappa shape index (κ3) is 3.35. The number of ether oxygens (including phenoxy) is 2. The summed E-state index contributed by atoms with van der Waals surface area (Å²) in [4.78, 5) is 29.8. The number of carbonyl (C=O) groups is 2. The molecular formula is C22H15NO4. The number of cyclic esters (lactones) is 1. The molecule has 4 rings (SSSR count). The predicted molar refractivity (Wildman–Crippen MR) is 98.3 cm³/mol. The lowest BCUT2D eigenvalue weighted by Gasteiger charge is -2.27. The molecule has 1 aliphatic rings. The maximum Gasteiger partial charge on any atom is 0.349 e. The van der Waals surface area contributed by atoms with Gasteiger partial charge in [-0.3, -0.25) is 9.78 Å². The second-order valence-electron chi connectivity index (χ2n) is 5.91. The molecule has 0 spiro atoms. The van der Waals surface area contributed by atoms with Crippen LogP contribution in [0.25, 0.3) is 5.76 Å². The number of benzene rings is 2. The highest BCUT2D eigenvalue weighted by molar-refractivity contribution is 6.28. The van der Waals surface area contributed by atoms with Crippen molar-refractivity contribution in [3.05, 3.63) is 107 Å². The molecule has 0 saturated heterocycles. The molecule has 3 aromatic rings. The van der Waals surface area contributed by atoms with Gasteiger partial charge in [0.05, 0.1) is 5.56 Å². The Bertz CT molecular complexity index is 998. The monoisotopic (exact) mass is 357 g/mol. The van der Waals surface area contributed by atoms with E-state index in [-0.39, 0.29) is 11.3 Å². The molecule has 27 heavy (non-hydrogen) atoms. The van der Waals surface area contributed by atoms with E-state index in [4.69, 9.17) is 9.47 Å². The molecule has 1 unspecified atom stereocenters. The van der Waals surface area contributed by atoms with Crippen LogP contribution in [0.2, 0.25) is 0 Å². The summed E-state index contributed by atoms with van der Waals surface area (Å²) in [7, 11) is 0. The van der Waals surface area contributed by atoms with E-state index >= 15 is 0 Å². The zero-order valence-electron chi connectivity index (χ0n) is 14.2. The minimum absolute atomic E-state index is 0.118. The van der Waals surface area contributed by atoms with Crippen molar-refractivity contribution in [2.75, 3.05) is 0 Å². The number of pyridine rings is 1. The maximum atomic E-state index is 13.0. The fraction of sp³-hybridized carbons (Fsp3) is 0.0455. The lowest BCUT2D eigenvalue weighted by molar-refractivity contribution is -0.168. The van der Waals surface area contributed by atoms with Crippen LogP contribution < -0.4 is 0 Å². The molecule has 0 aliphatic carbocycles. The summed E-state index contributed by atoms with van der Waals surface area (Å²) in [6, 6.07) is 21.1. The predicted octanol–water partition coefficient (Wildman–Crippen LogP) is 3.95. The fourth-order valence-corrected chi connectivity index (χ4v) is 2.82. The summed E-state index contributed by atoms with van der Waals surface area (Å²) in [5, 5.41) is 0. The molecular weight excluding hydrogens is 342 g/mol. The van der Waals surface area contributed by atoms with Crippen LogP contribution in [0.3, 0.4) is 0 Å². The van der Waals surface area contributed by atoms with Gasteiger partial charge >= 0.3 is 5.97 Å². The van der Waals surface area contributed by atoms with Crippen molar-refractivity contribution in [3.63, 3.8) is 0 Å². The largest absolute Gasteiger partial charge is 0.449 e. The van der Waals surface area contributed by atoms with E-state index in [1.165, 1.54) is 0 Å². The molecule has 0 N–H and O–H groups in total. The first-order valence-corrected chi connectivity index (χ1v) is 8.41. The van der Waals surface area contributed by atoms with Crippen LogP contribution >= 0.6 is 0 Å². The van der Waals surface area contributed by atoms with Gasteiger partial charge in [-0.05, 0) is 12.1 Å². The molecule has 5 nitrogen and oxygen atoms in total. The van der Waals surface area contributed by atoms with Gasteiger partial charge in [0.25, 0.3) is 6.29 Å². The molecule has 1 aromatic heterocycles. The normalized spacial score (nSPS) is 16.4. The van der Waals surface area contributed by atoms with Gasteiger partial charge in [-0.2, -0.15) is 0 Å². The molecule has 5 heteroatoms. The topological polar surface area (TPSA) is 65.5 Å². The number of carbonyl (C=O) groups excluding carboxylic acids is 2. The first kappa shape index (κ1) is 16.7. The van der Waals surface area contributed by atoms with Crippen molar-refractivity contribution >= 4 is 17.5 Å². The van der Waals surface area contributed by atoms with E-state index in [1.807, 2.05) is 18.2 Å². The van der Waals surface area contributed by atoms with Crippen molar-refractivity contribution in [2.24, 2.45) is 0 Å². The van der Waals surface area contributed by atoms with Gasteiger partial charge < -0.3 is 9.47 Å². The van der Waals surface area contributed by atoms with Gasteiger partial charge in [-0.1, -0.05) is 60.7 Å². The minimum atomic E-state index is -0.964. The van der Waals surface area contributed by atoms with Gasteiger partial charge in [0.15, 0.2) is 5.57 Å². The van der Waals surface area contributed by atoms with E-state index in [1.54, 1.807) is 67.0 Å². The Morgan fingerprint density at radius 2 is 1.56 bits per heavy atom. The van der Waals surface area contributed by atoms with Gasteiger partial charge in [-0.15, -0.1) is 0 Å². The van der Waals surface area contributed by atoms with E-state index < -0.39 is 18.0 Å². The highest BCUT2D eigenvalue weighted by Crippen LogP contribution is 2.35. The molecule has 0 amide bonds. The van der Waals surface area contributed by atoms with E-state index in [9.17, 15) is 9.59 Å². The molecule has 2 heterocycles. The molecule has 0 bridgehead atoms. The average Bonchev–Trinajstić information content (AvgIpc) is 2.74. The van der Waals surface area contributed by atoms with Crippen molar-refractivity contribution in [1.29, 1.82) is 0 Å². The number of rotatable bonds is 4. The van der Waals surface area contributed by atoms with Gasteiger partial charge in [0, 0.05) is 23.5 Å². The third-order valence-electron chi connectivity index (χ3n) is 4.13. The number of hydrogen-bond acceptors (Lipinski definition) is 5. The van der Waals surface area contributed by atoms with Crippen molar-refractivity contribution in [1.82, 2.24) is 4.98 Å². The Hall–Kier alpha value is -3.73. The standard InChI is InChI=1S/C22H15NO4/c24-19(15-8-3-1-4-9-15)18-20(16-10-5-2-6-11-16)26-22(27-21(18)25)17-12-7-13-23-14-17/h1-14,22H. The van der Waals surface area contributed by atoms with Crippen LogP contribution in [-0.2, 0) is 14.3 Å². The Morgan fingerprint density at radius 3 is 2.22 bits per heavy atom. The quantitative estimate of drug-likeness (QED) is 0.402. The smallest absolute Gasteiger partial charge is 0.349 e. The van der Waals surface area contributed by atoms with Crippen molar-refractivity contribution in [2.45, 2.75) is 6.29 Å². The molecule has 0 fully saturated rings. The lowest BCUT2D eigenvalue weighted by Crippen LogP contribution is -2.27. The molecule has 0 radical (unpaired) electrons. The van der Waals surface area contributed by atoms with Crippen LogP contribution in [0.15, 0.2) is 90.8 Å². The number of Topliss-reactive ketones (excluding diaryl/α,β-unsaturated/α-hetero) is 1. The highest BCUT2D eigenvalue weighted by atomic mass is 16.7. The number of aromatic nitrogens is 1. The molecule has 0 saturated carbocycles. The second kappa shape index (κ2) is 7.25. The first-order valence-electron chi connectivity index (χ1n) is 8.41. The van der Waals surface area contributed by atoms with Gasteiger partial charge in [-0.25, -0.2) is 4.79 Å². The molecule has 1 atom stereocenters. The molecule has 132 valence electrons. The number of hydrogen-bond donors (Lipinski definition) is 0. The SMILES string of the molecule is O=C1OC(c2cccnc2)OC(c2ccccc2)=C1C(=O)c1ccccc1. The summed E-state index contributed by atoms with van der Waals surface area (Å²) in [5.74, 6) is -0.957. The Balaban J connectivity index is 1.82.